The second-order valence-electron chi connectivity index (χ2n) is 8.63. The Labute approximate surface area is 204 Å². The van der Waals surface area contributed by atoms with Gasteiger partial charge in [0.25, 0.3) is 11.5 Å². The van der Waals surface area contributed by atoms with E-state index in [0.29, 0.717) is 29.1 Å². The zero-order valence-corrected chi connectivity index (χ0v) is 19.8. The van der Waals surface area contributed by atoms with Crippen LogP contribution in [-0.4, -0.2) is 30.2 Å². The molecule has 0 aromatic heterocycles. The number of halogens is 6. The normalized spacial score (nSPS) is 21.4. The Morgan fingerprint density at radius 3 is 2.36 bits per heavy atom. The highest BCUT2D eigenvalue weighted by Crippen LogP contribution is 2.50. The van der Waals surface area contributed by atoms with Gasteiger partial charge in [0.1, 0.15) is 0 Å². The number of hydrogen-bond donors (Lipinski definition) is 1. The number of benzene rings is 2. The Kier molecular flexibility index (Phi) is 6.35. The summed E-state index contributed by atoms with van der Waals surface area (Å²) in [4.78, 5) is 17.6. The standard InChI is InChI=1S/C23H20Cl3F3N2O2/c1-13-6-14(2-3-18(13)20(32)30-12-21(11-24)4-5-21)19-10-22(33-31-19,23(27,28)29)15-7-16(25)9-17(26)8-15/h2-3,6-9H,4-5,10-12H2,1H3,(H,30,32). The molecule has 1 aliphatic carbocycles. The first-order chi connectivity index (χ1) is 15.5. The number of hydrogen-bond acceptors (Lipinski definition) is 3. The molecule has 4 rings (SSSR count). The van der Waals surface area contributed by atoms with Gasteiger partial charge in [-0.15, -0.1) is 11.6 Å². The zero-order chi connectivity index (χ0) is 24.0. The quantitative estimate of drug-likeness (QED) is 0.435. The molecule has 1 unspecified atom stereocenters. The topological polar surface area (TPSA) is 50.7 Å². The van der Waals surface area contributed by atoms with Gasteiger partial charge < -0.3 is 10.2 Å². The minimum absolute atomic E-state index is 0.0227. The van der Waals surface area contributed by atoms with Crippen LogP contribution in [0.15, 0.2) is 41.6 Å². The number of nitrogens with zero attached hydrogens (tertiary/aromatic N) is 1. The van der Waals surface area contributed by atoms with E-state index in [1.54, 1.807) is 25.1 Å². The van der Waals surface area contributed by atoms with Crippen LogP contribution in [-0.2, 0) is 10.4 Å². The molecule has 0 spiro atoms. The van der Waals surface area contributed by atoms with E-state index in [0.717, 1.165) is 12.8 Å². The van der Waals surface area contributed by atoms with Gasteiger partial charge in [-0.2, -0.15) is 13.2 Å². The number of alkyl halides is 4. The van der Waals surface area contributed by atoms with Crippen molar-refractivity contribution >= 4 is 46.4 Å². The third kappa shape index (κ3) is 4.68. The van der Waals surface area contributed by atoms with E-state index >= 15 is 0 Å². The molecule has 1 saturated carbocycles. The maximum atomic E-state index is 14.2. The van der Waals surface area contributed by atoms with Crippen LogP contribution in [0.5, 0.6) is 0 Å². The third-order valence-electron chi connectivity index (χ3n) is 6.18. The molecule has 0 saturated heterocycles. The van der Waals surface area contributed by atoms with Crippen LogP contribution in [0.1, 0.15) is 46.3 Å². The van der Waals surface area contributed by atoms with Crippen molar-refractivity contribution in [3.63, 3.8) is 0 Å². The van der Waals surface area contributed by atoms with Gasteiger partial charge in [0.15, 0.2) is 0 Å². The van der Waals surface area contributed by atoms with Crippen LogP contribution in [0.2, 0.25) is 10.0 Å². The number of carbonyl (C=O) groups is 1. The van der Waals surface area contributed by atoms with Crippen LogP contribution in [0, 0.1) is 12.3 Å². The first-order valence-corrected chi connectivity index (χ1v) is 11.5. The van der Waals surface area contributed by atoms with Crippen LogP contribution < -0.4 is 5.32 Å². The van der Waals surface area contributed by atoms with Gasteiger partial charge in [0.05, 0.1) is 5.71 Å². The van der Waals surface area contributed by atoms with Gasteiger partial charge in [-0.3, -0.25) is 4.79 Å². The lowest BCUT2D eigenvalue weighted by molar-refractivity contribution is -0.275. The molecule has 1 atom stereocenters. The van der Waals surface area contributed by atoms with Crippen molar-refractivity contribution in [1.29, 1.82) is 0 Å². The first-order valence-electron chi connectivity index (χ1n) is 10.2. The molecule has 1 aliphatic heterocycles. The van der Waals surface area contributed by atoms with Gasteiger partial charge in [-0.1, -0.05) is 34.4 Å². The predicted octanol–water partition coefficient (Wildman–Crippen LogP) is 6.63. The Balaban J connectivity index is 1.56. The van der Waals surface area contributed by atoms with E-state index in [-0.39, 0.29) is 32.6 Å². The molecule has 1 amide bonds. The number of nitrogens with one attached hydrogen (secondary N) is 1. The summed E-state index contributed by atoms with van der Waals surface area (Å²) in [7, 11) is 0. The molecule has 176 valence electrons. The summed E-state index contributed by atoms with van der Waals surface area (Å²) in [5.74, 6) is 0.238. The summed E-state index contributed by atoms with van der Waals surface area (Å²) in [5, 5.41) is 6.78. The van der Waals surface area contributed by atoms with E-state index in [4.69, 9.17) is 39.6 Å². The molecular weight excluding hydrogens is 500 g/mol. The number of rotatable bonds is 6. The molecule has 4 nitrogen and oxygen atoms in total. The summed E-state index contributed by atoms with van der Waals surface area (Å²) in [5.41, 5.74) is -1.37. The van der Waals surface area contributed by atoms with Crippen LogP contribution in [0.25, 0.3) is 0 Å². The van der Waals surface area contributed by atoms with Gasteiger partial charge in [-0.05, 0) is 61.2 Å². The fraction of sp³-hybridized carbons (Fsp3) is 0.391. The number of oxime groups is 1. The Morgan fingerprint density at radius 2 is 1.82 bits per heavy atom. The highest BCUT2D eigenvalue weighted by atomic mass is 35.5. The van der Waals surface area contributed by atoms with Gasteiger partial charge in [0, 0.05) is 45.4 Å². The highest BCUT2D eigenvalue weighted by molar-refractivity contribution is 6.34. The van der Waals surface area contributed by atoms with Crippen LogP contribution >= 0.6 is 34.8 Å². The van der Waals surface area contributed by atoms with E-state index in [2.05, 4.69) is 10.5 Å². The van der Waals surface area contributed by atoms with Crippen LogP contribution in [0.3, 0.4) is 0 Å². The largest absolute Gasteiger partial charge is 0.435 e. The molecule has 2 aliphatic rings. The second-order valence-corrected chi connectivity index (χ2v) is 9.78. The number of amides is 1. The van der Waals surface area contributed by atoms with E-state index in [1.807, 2.05) is 0 Å². The molecule has 10 heteroatoms. The number of aryl methyl sites for hydroxylation is 1. The van der Waals surface area contributed by atoms with Crippen molar-refractivity contribution in [2.24, 2.45) is 10.6 Å². The van der Waals surface area contributed by atoms with Gasteiger partial charge >= 0.3 is 6.18 Å². The van der Waals surface area contributed by atoms with Gasteiger partial charge in [-0.25, -0.2) is 0 Å². The second kappa shape index (κ2) is 8.67. The summed E-state index contributed by atoms with van der Waals surface area (Å²) in [6.07, 6.45) is -3.38. The van der Waals surface area contributed by atoms with Gasteiger partial charge in [0.2, 0.25) is 0 Å². The van der Waals surface area contributed by atoms with Crippen LogP contribution in [0.4, 0.5) is 13.2 Å². The fourth-order valence-corrected chi connectivity index (χ4v) is 4.73. The Morgan fingerprint density at radius 1 is 1.15 bits per heavy atom. The fourth-order valence-electron chi connectivity index (χ4n) is 3.84. The summed E-state index contributed by atoms with van der Waals surface area (Å²) < 4.78 is 42.5. The lowest BCUT2D eigenvalue weighted by Crippen LogP contribution is -2.42. The highest BCUT2D eigenvalue weighted by Gasteiger charge is 2.62. The lowest BCUT2D eigenvalue weighted by atomic mass is 9.86. The Bertz CT molecular complexity index is 1110. The smallest absolute Gasteiger partial charge is 0.374 e. The average Bonchev–Trinajstić information content (AvgIpc) is 3.37. The van der Waals surface area contributed by atoms with Crippen molar-refractivity contribution < 1.29 is 22.8 Å². The molecule has 2 aromatic rings. The van der Waals surface area contributed by atoms with E-state index in [9.17, 15) is 18.0 Å². The third-order valence-corrected chi connectivity index (χ3v) is 7.19. The zero-order valence-electron chi connectivity index (χ0n) is 17.5. The van der Waals surface area contributed by atoms with E-state index < -0.39 is 18.2 Å². The Hall–Kier alpha value is -1.96. The SMILES string of the molecule is Cc1cc(C2=NOC(c3cc(Cl)cc(Cl)c3)(C(F)(F)F)C2)ccc1C(=O)NCC1(CCl)CC1. The van der Waals surface area contributed by atoms with Crippen molar-refractivity contribution in [3.05, 3.63) is 68.7 Å². The van der Waals surface area contributed by atoms with Crippen molar-refractivity contribution in [3.8, 4) is 0 Å². The minimum Gasteiger partial charge on any atom is -0.374 e. The summed E-state index contributed by atoms with van der Waals surface area (Å²) in [6, 6.07) is 8.46. The maximum Gasteiger partial charge on any atom is 0.435 e. The molecule has 1 heterocycles. The van der Waals surface area contributed by atoms with Crippen molar-refractivity contribution in [1.82, 2.24) is 5.32 Å². The molecule has 0 bridgehead atoms. The van der Waals surface area contributed by atoms with E-state index in [1.165, 1.54) is 18.2 Å². The monoisotopic (exact) mass is 518 g/mol. The molecule has 0 radical (unpaired) electrons. The van der Waals surface area contributed by atoms with Crippen molar-refractivity contribution in [2.45, 2.75) is 38.0 Å². The predicted molar refractivity (Wildman–Crippen MR) is 122 cm³/mol. The molecule has 2 aromatic carbocycles. The summed E-state index contributed by atoms with van der Waals surface area (Å²) >= 11 is 17.8. The lowest BCUT2D eigenvalue weighted by Gasteiger charge is -2.29. The molecule has 1 N–H and O–H groups in total. The first kappa shape index (κ1) is 24.2. The van der Waals surface area contributed by atoms with Crippen molar-refractivity contribution in [2.75, 3.05) is 12.4 Å². The number of carbonyl (C=O) groups excluding carboxylic acids is 1. The minimum atomic E-state index is -4.78. The molecule has 33 heavy (non-hydrogen) atoms. The molecule has 1 fully saturated rings. The maximum absolute atomic E-state index is 14.2. The average molecular weight is 520 g/mol. The molecular formula is C23H20Cl3F3N2O2. The summed E-state index contributed by atoms with van der Waals surface area (Å²) in [6.45, 7) is 2.21.